The number of hydrogen-bond donors (Lipinski definition) is 0. The SMILES string of the molecule is CC(C)(C)CCc1cc(C=O)ccc1C=O. The summed E-state index contributed by atoms with van der Waals surface area (Å²) in [5.74, 6) is 0. The summed E-state index contributed by atoms with van der Waals surface area (Å²) in [6.45, 7) is 6.49. The molecule has 0 fully saturated rings. The minimum atomic E-state index is 0.233. The third-order valence-electron chi connectivity index (χ3n) is 2.57. The van der Waals surface area contributed by atoms with Crippen LogP contribution >= 0.6 is 0 Å². The number of carbonyl (C=O) groups excluding carboxylic acids is 2. The van der Waals surface area contributed by atoms with Gasteiger partial charge in [-0.2, -0.15) is 0 Å². The largest absolute Gasteiger partial charge is 0.298 e. The lowest BCUT2D eigenvalue weighted by molar-refractivity contribution is 0.111. The van der Waals surface area contributed by atoms with Crippen molar-refractivity contribution in [1.29, 1.82) is 0 Å². The van der Waals surface area contributed by atoms with Crippen molar-refractivity contribution in [1.82, 2.24) is 0 Å². The molecule has 0 amide bonds. The Morgan fingerprint density at radius 2 is 1.81 bits per heavy atom. The normalized spacial score (nSPS) is 11.2. The van der Waals surface area contributed by atoms with Crippen LogP contribution in [0.3, 0.4) is 0 Å². The van der Waals surface area contributed by atoms with Crippen LogP contribution in [0.1, 0.15) is 53.5 Å². The van der Waals surface area contributed by atoms with Gasteiger partial charge in [-0.05, 0) is 29.9 Å². The number of aldehydes is 2. The maximum Gasteiger partial charge on any atom is 0.150 e. The predicted octanol–water partition coefficient (Wildman–Crippen LogP) is 3.29. The van der Waals surface area contributed by atoms with E-state index >= 15 is 0 Å². The van der Waals surface area contributed by atoms with Crippen molar-refractivity contribution in [2.45, 2.75) is 33.6 Å². The monoisotopic (exact) mass is 218 g/mol. The topological polar surface area (TPSA) is 34.1 Å². The minimum absolute atomic E-state index is 0.233. The quantitative estimate of drug-likeness (QED) is 0.727. The van der Waals surface area contributed by atoms with Crippen LogP contribution in [0.2, 0.25) is 0 Å². The van der Waals surface area contributed by atoms with Crippen LogP contribution < -0.4 is 0 Å². The van der Waals surface area contributed by atoms with E-state index in [1.165, 1.54) is 0 Å². The van der Waals surface area contributed by atoms with Crippen molar-refractivity contribution in [3.63, 3.8) is 0 Å². The van der Waals surface area contributed by atoms with Gasteiger partial charge in [0.15, 0.2) is 0 Å². The minimum Gasteiger partial charge on any atom is -0.298 e. The van der Waals surface area contributed by atoms with Gasteiger partial charge >= 0.3 is 0 Å². The Labute approximate surface area is 96.7 Å². The molecule has 1 aromatic rings. The van der Waals surface area contributed by atoms with Crippen LogP contribution in [-0.2, 0) is 6.42 Å². The van der Waals surface area contributed by atoms with Crippen LogP contribution in [-0.4, -0.2) is 12.6 Å². The molecule has 0 spiro atoms. The van der Waals surface area contributed by atoms with Crippen molar-refractivity contribution in [3.05, 3.63) is 34.9 Å². The van der Waals surface area contributed by atoms with Crippen LogP contribution in [0, 0.1) is 5.41 Å². The third-order valence-corrected chi connectivity index (χ3v) is 2.57. The summed E-state index contributed by atoms with van der Waals surface area (Å²) in [5, 5.41) is 0. The van der Waals surface area contributed by atoms with E-state index in [2.05, 4.69) is 20.8 Å². The van der Waals surface area contributed by atoms with Gasteiger partial charge in [-0.25, -0.2) is 0 Å². The highest BCUT2D eigenvalue weighted by atomic mass is 16.1. The molecule has 0 atom stereocenters. The Morgan fingerprint density at radius 3 is 2.31 bits per heavy atom. The maximum atomic E-state index is 10.9. The molecule has 0 radical (unpaired) electrons. The van der Waals surface area contributed by atoms with Gasteiger partial charge in [0.2, 0.25) is 0 Å². The van der Waals surface area contributed by atoms with Crippen molar-refractivity contribution < 1.29 is 9.59 Å². The lowest BCUT2D eigenvalue weighted by atomic mass is 9.87. The standard InChI is InChI=1S/C14H18O2/c1-14(2,3)7-6-12-8-11(9-15)4-5-13(12)10-16/h4-5,8-10H,6-7H2,1-3H3. The lowest BCUT2D eigenvalue weighted by Gasteiger charge is -2.18. The summed E-state index contributed by atoms with van der Waals surface area (Å²) in [7, 11) is 0. The first-order valence-corrected chi connectivity index (χ1v) is 5.49. The van der Waals surface area contributed by atoms with E-state index in [1.54, 1.807) is 12.1 Å². The third kappa shape index (κ3) is 3.61. The molecule has 0 unspecified atom stereocenters. The molecule has 0 bridgehead atoms. The predicted molar refractivity (Wildman–Crippen MR) is 65.0 cm³/mol. The van der Waals surface area contributed by atoms with Gasteiger partial charge in [-0.3, -0.25) is 9.59 Å². The van der Waals surface area contributed by atoms with Gasteiger partial charge in [-0.15, -0.1) is 0 Å². The van der Waals surface area contributed by atoms with Crippen molar-refractivity contribution in [2.75, 3.05) is 0 Å². The molecule has 0 saturated carbocycles. The second kappa shape index (κ2) is 5.06. The van der Waals surface area contributed by atoms with Gasteiger partial charge in [-0.1, -0.05) is 32.9 Å². The molecule has 2 heteroatoms. The highest BCUT2D eigenvalue weighted by Crippen LogP contribution is 2.22. The highest BCUT2D eigenvalue weighted by molar-refractivity contribution is 5.81. The first-order valence-electron chi connectivity index (χ1n) is 5.49. The van der Waals surface area contributed by atoms with Gasteiger partial charge in [0.25, 0.3) is 0 Å². The zero-order chi connectivity index (χ0) is 12.2. The second-order valence-electron chi connectivity index (χ2n) is 5.25. The Bertz CT molecular complexity index is 386. The molecule has 16 heavy (non-hydrogen) atoms. The molecule has 1 rings (SSSR count). The molecule has 0 saturated heterocycles. The average Bonchev–Trinajstić information content (AvgIpc) is 2.25. The van der Waals surface area contributed by atoms with Crippen LogP contribution in [0.25, 0.3) is 0 Å². The summed E-state index contributed by atoms with van der Waals surface area (Å²) in [5.41, 5.74) is 2.52. The Balaban J connectivity index is 2.91. The van der Waals surface area contributed by atoms with Crippen molar-refractivity contribution >= 4 is 12.6 Å². The van der Waals surface area contributed by atoms with E-state index in [0.29, 0.717) is 11.1 Å². The van der Waals surface area contributed by atoms with Gasteiger partial charge in [0.1, 0.15) is 12.6 Å². The Morgan fingerprint density at radius 1 is 1.12 bits per heavy atom. The Hall–Kier alpha value is -1.44. The molecule has 0 N–H and O–H groups in total. The van der Waals surface area contributed by atoms with Gasteiger partial charge < -0.3 is 0 Å². The lowest BCUT2D eigenvalue weighted by Crippen LogP contribution is -2.07. The van der Waals surface area contributed by atoms with Crippen molar-refractivity contribution in [3.8, 4) is 0 Å². The molecule has 0 aliphatic rings. The number of carbonyl (C=O) groups is 2. The summed E-state index contributed by atoms with van der Waals surface area (Å²) in [6, 6.07) is 5.20. The zero-order valence-electron chi connectivity index (χ0n) is 10.1. The molecule has 86 valence electrons. The average molecular weight is 218 g/mol. The molecule has 0 heterocycles. The van der Waals surface area contributed by atoms with E-state index in [0.717, 1.165) is 31.0 Å². The van der Waals surface area contributed by atoms with E-state index < -0.39 is 0 Å². The van der Waals surface area contributed by atoms with Gasteiger partial charge in [0.05, 0.1) is 0 Å². The molecule has 0 aliphatic heterocycles. The number of benzene rings is 1. The number of aryl methyl sites for hydroxylation is 1. The molecular weight excluding hydrogens is 200 g/mol. The highest BCUT2D eigenvalue weighted by Gasteiger charge is 2.12. The van der Waals surface area contributed by atoms with E-state index in [4.69, 9.17) is 0 Å². The van der Waals surface area contributed by atoms with Gasteiger partial charge in [0, 0.05) is 11.1 Å². The van der Waals surface area contributed by atoms with Crippen LogP contribution in [0.5, 0.6) is 0 Å². The molecule has 0 aromatic heterocycles. The molecular formula is C14H18O2. The van der Waals surface area contributed by atoms with E-state index in [-0.39, 0.29) is 5.41 Å². The first-order chi connectivity index (χ1) is 7.46. The molecule has 0 aliphatic carbocycles. The number of rotatable bonds is 4. The fourth-order valence-corrected chi connectivity index (χ4v) is 1.54. The van der Waals surface area contributed by atoms with E-state index in [1.807, 2.05) is 6.07 Å². The van der Waals surface area contributed by atoms with E-state index in [9.17, 15) is 9.59 Å². The fraction of sp³-hybridized carbons (Fsp3) is 0.429. The maximum absolute atomic E-state index is 10.9. The second-order valence-corrected chi connectivity index (χ2v) is 5.25. The fourth-order valence-electron chi connectivity index (χ4n) is 1.54. The Kier molecular flexibility index (Phi) is 3.99. The molecule has 1 aromatic carbocycles. The summed E-state index contributed by atoms with van der Waals surface area (Å²) in [6.07, 6.45) is 3.50. The van der Waals surface area contributed by atoms with Crippen LogP contribution in [0.4, 0.5) is 0 Å². The summed E-state index contributed by atoms with van der Waals surface area (Å²) in [4.78, 5) is 21.5. The first kappa shape index (κ1) is 12.6. The summed E-state index contributed by atoms with van der Waals surface area (Å²) >= 11 is 0. The molecule has 2 nitrogen and oxygen atoms in total. The number of hydrogen-bond acceptors (Lipinski definition) is 2. The smallest absolute Gasteiger partial charge is 0.150 e. The van der Waals surface area contributed by atoms with Crippen molar-refractivity contribution in [2.24, 2.45) is 5.41 Å². The van der Waals surface area contributed by atoms with Crippen LogP contribution in [0.15, 0.2) is 18.2 Å². The summed E-state index contributed by atoms with van der Waals surface area (Å²) < 4.78 is 0. The zero-order valence-corrected chi connectivity index (χ0v) is 10.1.